The lowest BCUT2D eigenvalue weighted by Gasteiger charge is -2.16. The van der Waals surface area contributed by atoms with Crippen LogP contribution in [0.25, 0.3) is 11.1 Å². The van der Waals surface area contributed by atoms with Gasteiger partial charge in [0.25, 0.3) is 5.91 Å². The summed E-state index contributed by atoms with van der Waals surface area (Å²) in [7, 11) is 0. The number of nitrogens with zero attached hydrogens (tertiary/aromatic N) is 5. The van der Waals surface area contributed by atoms with Crippen LogP contribution in [-0.2, 0) is 4.79 Å². The zero-order valence-corrected chi connectivity index (χ0v) is 18.2. The molecule has 2 aromatic carbocycles. The van der Waals surface area contributed by atoms with Crippen molar-refractivity contribution < 1.29 is 4.79 Å². The van der Waals surface area contributed by atoms with Crippen LogP contribution in [0.3, 0.4) is 0 Å². The Hall–Kier alpha value is -4.14. The van der Waals surface area contributed by atoms with E-state index in [0.29, 0.717) is 27.6 Å². The number of nitrogens with two attached hydrogens (primary N) is 1. The Balaban J connectivity index is 1.78. The number of hydrazone groups is 1. The molecule has 0 spiro atoms. The molecule has 1 amide bonds. The topological polar surface area (TPSA) is 119 Å². The Morgan fingerprint density at radius 1 is 1.00 bits per heavy atom. The SMILES string of the molecule is CC1=NN(c2ccccc2)C(=O)C1Sc1nc(N)c(C#N)c(-c2ccc(C)cc2)c1C#N. The third kappa shape index (κ3) is 3.68. The number of anilines is 2. The number of hydrogen-bond acceptors (Lipinski definition) is 7. The average molecular weight is 439 g/mol. The molecule has 0 saturated carbocycles. The van der Waals surface area contributed by atoms with E-state index in [1.54, 1.807) is 19.1 Å². The summed E-state index contributed by atoms with van der Waals surface area (Å²) in [4.78, 5) is 17.4. The molecule has 0 radical (unpaired) electrons. The lowest BCUT2D eigenvalue weighted by atomic mass is 9.96. The number of carbonyl (C=O) groups is 1. The summed E-state index contributed by atoms with van der Waals surface area (Å²) in [5, 5.41) is 25.1. The number of nitrogen functional groups attached to an aromatic ring is 1. The average Bonchev–Trinajstić information content (AvgIpc) is 3.08. The van der Waals surface area contributed by atoms with Crippen molar-refractivity contribution in [1.29, 1.82) is 10.5 Å². The van der Waals surface area contributed by atoms with Crippen LogP contribution in [0.1, 0.15) is 23.6 Å². The van der Waals surface area contributed by atoms with Gasteiger partial charge in [0, 0.05) is 5.56 Å². The van der Waals surface area contributed by atoms with E-state index in [1.807, 2.05) is 49.4 Å². The molecule has 1 aliphatic rings. The van der Waals surface area contributed by atoms with Gasteiger partial charge in [-0.25, -0.2) is 4.98 Å². The van der Waals surface area contributed by atoms with Crippen molar-refractivity contribution >= 4 is 34.9 Å². The number of nitriles is 2. The molecule has 1 unspecified atom stereocenters. The van der Waals surface area contributed by atoms with Gasteiger partial charge in [-0.1, -0.05) is 59.8 Å². The summed E-state index contributed by atoms with van der Waals surface area (Å²) in [5.41, 5.74) is 9.87. The Bertz CT molecular complexity index is 1320. The number of pyridine rings is 1. The summed E-state index contributed by atoms with van der Waals surface area (Å²) < 4.78 is 0. The number of benzene rings is 2. The third-order valence-corrected chi connectivity index (χ3v) is 6.35. The minimum atomic E-state index is -0.659. The van der Waals surface area contributed by atoms with E-state index in [-0.39, 0.29) is 22.9 Å². The highest BCUT2D eigenvalue weighted by atomic mass is 32.2. The van der Waals surface area contributed by atoms with Gasteiger partial charge in [0.2, 0.25) is 0 Å². The van der Waals surface area contributed by atoms with Gasteiger partial charge in [0.05, 0.1) is 17.0 Å². The fourth-order valence-corrected chi connectivity index (χ4v) is 4.50. The quantitative estimate of drug-likeness (QED) is 0.650. The first-order chi connectivity index (χ1) is 15.4. The Morgan fingerprint density at radius 3 is 2.28 bits per heavy atom. The predicted octanol–water partition coefficient (Wildman–Crippen LogP) is 4.27. The highest BCUT2D eigenvalue weighted by molar-refractivity contribution is 8.01. The molecule has 2 heterocycles. The van der Waals surface area contributed by atoms with Crippen LogP contribution < -0.4 is 10.7 Å². The number of aryl methyl sites for hydroxylation is 1. The zero-order chi connectivity index (χ0) is 22.8. The summed E-state index contributed by atoms with van der Waals surface area (Å²) in [6.45, 7) is 3.72. The molecule has 0 saturated heterocycles. The minimum Gasteiger partial charge on any atom is -0.383 e. The van der Waals surface area contributed by atoms with E-state index in [2.05, 4.69) is 22.2 Å². The van der Waals surface area contributed by atoms with E-state index in [0.717, 1.165) is 17.3 Å². The Labute approximate surface area is 189 Å². The van der Waals surface area contributed by atoms with E-state index in [9.17, 15) is 15.3 Å². The molecule has 32 heavy (non-hydrogen) atoms. The second-order valence-corrected chi connectivity index (χ2v) is 8.34. The molecular formula is C24H18N6OS. The number of carbonyl (C=O) groups excluding carboxylic acids is 1. The predicted molar refractivity (Wildman–Crippen MR) is 125 cm³/mol. The standard InChI is InChI=1S/C24H18N6OS/c1-14-8-10-16(11-9-14)20-18(12-25)22(27)28-23(19(20)13-26)32-21-15(2)29-30(24(21)31)17-6-4-3-5-7-17/h3-11,21H,1-2H3,(H2,27,28). The molecule has 7 nitrogen and oxygen atoms in total. The number of para-hydroxylation sites is 1. The molecule has 2 N–H and O–H groups in total. The van der Waals surface area contributed by atoms with Crippen LogP contribution in [0.5, 0.6) is 0 Å². The molecule has 156 valence electrons. The third-order valence-electron chi connectivity index (χ3n) is 5.06. The van der Waals surface area contributed by atoms with Gasteiger partial charge in [-0.15, -0.1) is 0 Å². The van der Waals surface area contributed by atoms with Crippen molar-refractivity contribution in [2.24, 2.45) is 5.10 Å². The maximum atomic E-state index is 13.1. The molecule has 0 aliphatic carbocycles. The van der Waals surface area contributed by atoms with Gasteiger partial charge in [0.15, 0.2) is 0 Å². The van der Waals surface area contributed by atoms with Crippen LogP contribution in [0.2, 0.25) is 0 Å². The van der Waals surface area contributed by atoms with Gasteiger partial charge in [-0.2, -0.15) is 20.6 Å². The van der Waals surface area contributed by atoms with Gasteiger partial charge >= 0.3 is 0 Å². The number of thioether (sulfide) groups is 1. The Morgan fingerprint density at radius 2 is 1.66 bits per heavy atom. The molecular weight excluding hydrogens is 420 g/mol. The zero-order valence-electron chi connectivity index (χ0n) is 17.4. The number of hydrogen-bond donors (Lipinski definition) is 1. The van der Waals surface area contributed by atoms with Crippen molar-refractivity contribution in [3.05, 3.63) is 71.3 Å². The molecule has 4 rings (SSSR count). The molecule has 0 fully saturated rings. The van der Waals surface area contributed by atoms with Crippen LogP contribution >= 0.6 is 11.8 Å². The second-order valence-electron chi connectivity index (χ2n) is 7.24. The maximum Gasteiger partial charge on any atom is 0.266 e. The van der Waals surface area contributed by atoms with Crippen LogP contribution in [-0.4, -0.2) is 21.9 Å². The van der Waals surface area contributed by atoms with Crippen LogP contribution in [0.4, 0.5) is 11.5 Å². The highest BCUT2D eigenvalue weighted by Crippen LogP contribution is 2.39. The fraction of sp³-hybridized carbons (Fsp3) is 0.125. The van der Waals surface area contributed by atoms with E-state index in [4.69, 9.17) is 5.73 Å². The van der Waals surface area contributed by atoms with Crippen molar-refractivity contribution in [3.63, 3.8) is 0 Å². The first-order valence-electron chi connectivity index (χ1n) is 9.76. The largest absolute Gasteiger partial charge is 0.383 e. The van der Waals surface area contributed by atoms with E-state index < -0.39 is 5.25 Å². The first-order valence-corrected chi connectivity index (χ1v) is 10.6. The van der Waals surface area contributed by atoms with Gasteiger partial charge < -0.3 is 5.73 Å². The van der Waals surface area contributed by atoms with Crippen LogP contribution in [0, 0.1) is 29.6 Å². The summed E-state index contributed by atoms with van der Waals surface area (Å²) in [6, 6.07) is 20.8. The van der Waals surface area contributed by atoms with Crippen molar-refractivity contribution in [2.45, 2.75) is 24.1 Å². The fourth-order valence-electron chi connectivity index (χ4n) is 3.44. The van der Waals surface area contributed by atoms with Gasteiger partial charge in [-0.3, -0.25) is 4.79 Å². The molecule has 8 heteroatoms. The van der Waals surface area contributed by atoms with Crippen molar-refractivity contribution in [3.8, 4) is 23.3 Å². The number of aromatic nitrogens is 1. The highest BCUT2D eigenvalue weighted by Gasteiger charge is 2.36. The van der Waals surface area contributed by atoms with Crippen molar-refractivity contribution in [2.75, 3.05) is 10.7 Å². The van der Waals surface area contributed by atoms with E-state index in [1.165, 1.54) is 5.01 Å². The maximum absolute atomic E-state index is 13.1. The normalized spacial score (nSPS) is 15.2. The van der Waals surface area contributed by atoms with Crippen molar-refractivity contribution in [1.82, 2.24) is 4.98 Å². The summed E-state index contributed by atoms with van der Waals surface area (Å²) >= 11 is 1.12. The lowest BCUT2D eigenvalue weighted by Crippen LogP contribution is -2.29. The van der Waals surface area contributed by atoms with Gasteiger partial charge in [-0.05, 0) is 31.5 Å². The first kappa shape index (κ1) is 21.1. The molecule has 1 atom stereocenters. The monoisotopic (exact) mass is 438 g/mol. The summed E-state index contributed by atoms with van der Waals surface area (Å²) in [5.74, 6) is -0.214. The Kier molecular flexibility index (Phi) is 5.63. The molecule has 1 aromatic heterocycles. The molecule has 0 bridgehead atoms. The van der Waals surface area contributed by atoms with Gasteiger partial charge in [0.1, 0.15) is 33.8 Å². The molecule has 3 aromatic rings. The summed E-state index contributed by atoms with van der Waals surface area (Å²) in [6.07, 6.45) is 0. The second kappa shape index (κ2) is 8.54. The molecule has 1 aliphatic heterocycles. The lowest BCUT2D eigenvalue weighted by molar-refractivity contribution is -0.116. The van der Waals surface area contributed by atoms with E-state index >= 15 is 0 Å². The smallest absolute Gasteiger partial charge is 0.266 e. The minimum absolute atomic E-state index is 0.0181. The number of rotatable bonds is 4. The van der Waals surface area contributed by atoms with Crippen LogP contribution in [0.15, 0.2) is 64.7 Å². The number of amides is 1.